The highest BCUT2D eigenvalue weighted by molar-refractivity contribution is 6.30. The molecule has 3 N–H and O–H groups in total. The van der Waals surface area contributed by atoms with Crippen molar-refractivity contribution in [3.05, 3.63) is 16.7 Å². The Morgan fingerprint density at radius 2 is 2.38 bits per heavy atom. The second kappa shape index (κ2) is 4.43. The van der Waals surface area contributed by atoms with Gasteiger partial charge in [-0.3, -0.25) is 4.79 Å². The Kier molecular flexibility index (Phi) is 3.16. The van der Waals surface area contributed by atoms with Crippen LogP contribution < -0.4 is 5.73 Å². The minimum atomic E-state index is -0.921. The predicted octanol–water partition coefficient (Wildman–Crippen LogP) is 1.35. The molecule has 1 aliphatic rings. The minimum Gasteiger partial charge on any atom is -0.481 e. The zero-order chi connectivity index (χ0) is 11.7. The molecule has 88 valence electrons. The van der Waals surface area contributed by atoms with Gasteiger partial charge < -0.3 is 15.4 Å². The highest BCUT2D eigenvalue weighted by Gasteiger charge is 2.24. The van der Waals surface area contributed by atoms with Crippen molar-refractivity contribution in [3.8, 4) is 0 Å². The average Bonchev–Trinajstić information content (AvgIpc) is 2.52. The van der Waals surface area contributed by atoms with E-state index in [4.69, 9.17) is 22.4 Å². The fraction of sp³-hybridized carbons (Fsp3) is 0.600. The third-order valence-electron chi connectivity index (χ3n) is 2.82. The van der Waals surface area contributed by atoms with Gasteiger partial charge in [0.1, 0.15) is 5.82 Å². The zero-order valence-corrected chi connectivity index (χ0v) is 9.57. The first-order chi connectivity index (χ1) is 7.59. The van der Waals surface area contributed by atoms with Crippen LogP contribution in [0.1, 0.15) is 36.8 Å². The van der Waals surface area contributed by atoms with Crippen LogP contribution >= 0.6 is 11.6 Å². The molecule has 0 aliphatic carbocycles. The summed E-state index contributed by atoms with van der Waals surface area (Å²) in [4.78, 5) is 14.9. The molecule has 16 heavy (non-hydrogen) atoms. The van der Waals surface area contributed by atoms with E-state index in [0.717, 1.165) is 31.6 Å². The molecular weight excluding hydrogens is 230 g/mol. The van der Waals surface area contributed by atoms with Crippen molar-refractivity contribution in [2.75, 3.05) is 0 Å². The second-order valence-corrected chi connectivity index (χ2v) is 4.38. The van der Waals surface area contributed by atoms with Crippen LogP contribution in [0.3, 0.4) is 0 Å². The molecule has 1 aliphatic heterocycles. The van der Waals surface area contributed by atoms with E-state index >= 15 is 0 Å². The number of fused-ring (bicyclic) bond motifs is 1. The Labute approximate surface area is 98.2 Å². The van der Waals surface area contributed by atoms with Gasteiger partial charge in [-0.05, 0) is 12.8 Å². The van der Waals surface area contributed by atoms with Gasteiger partial charge in [0.2, 0.25) is 0 Å². The SMILES string of the molecule is NC(CC(=O)O)c1c(Cl)nc2n1CCCC2. The van der Waals surface area contributed by atoms with Crippen molar-refractivity contribution in [2.24, 2.45) is 5.73 Å². The van der Waals surface area contributed by atoms with Crippen LogP contribution in [0.25, 0.3) is 0 Å². The standard InChI is InChI=1S/C10H14ClN3O2/c11-10-9(6(12)5-8(15)16)14-4-2-1-3-7(14)13-10/h6H,1-5,12H2,(H,15,16). The molecule has 2 heterocycles. The van der Waals surface area contributed by atoms with Gasteiger partial charge in [0, 0.05) is 13.0 Å². The van der Waals surface area contributed by atoms with Gasteiger partial charge >= 0.3 is 5.97 Å². The molecule has 0 fully saturated rings. The zero-order valence-electron chi connectivity index (χ0n) is 8.82. The fourth-order valence-electron chi connectivity index (χ4n) is 2.11. The molecular formula is C10H14ClN3O2. The monoisotopic (exact) mass is 243 g/mol. The summed E-state index contributed by atoms with van der Waals surface area (Å²) in [6.45, 7) is 0.831. The normalized spacial score (nSPS) is 16.9. The molecule has 1 aromatic rings. The van der Waals surface area contributed by atoms with Gasteiger partial charge in [0.15, 0.2) is 5.15 Å². The third kappa shape index (κ3) is 2.05. The number of aryl methyl sites for hydroxylation is 1. The van der Waals surface area contributed by atoms with Gasteiger partial charge in [0.05, 0.1) is 18.2 Å². The van der Waals surface area contributed by atoms with Gasteiger partial charge in [0.25, 0.3) is 0 Å². The lowest BCUT2D eigenvalue weighted by Gasteiger charge is -2.18. The van der Waals surface area contributed by atoms with E-state index in [1.165, 1.54) is 0 Å². The van der Waals surface area contributed by atoms with Crippen molar-refractivity contribution >= 4 is 17.6 Å². The predicted molar refractivity (Wildman–Crippen MR) is 59.4 cm³/mol. The Bertz CT molecular complexity index is 416. The van der Waals surface area contributed by atoms with E-state index in [9.17, 15) is 4.79 Å². The summed E-state index contributed by atoms with van der Waals surface area (Å²) in [5, 5.41) is 9.08. The molecule has 5 nitrogen and oxygen atoms in total. The molecule has 0 spiro atoms. The number of imidazole rings is 1. The highest BCUT2D eigenvalue weighted by atomic mass is 35.5. The highest BCUT2D eigenvalue weighted by Crippen LogP contribution is 2.28. The molecule has 1 unspecified atom stereocenters. The Hall–Kier alpha value is -1.07. The van der Waals surface area contributed by atoms with Crippen LogP contribution in [0.2, 0.25) is 5.15 Å². The summed E-state index contributed by atoms with van der Waals surface area (Å²) in [5.74, 6) is 0.00187. The van der Waals surface area contributed by atoms with Crippen LogP contribution in [0.4, 0.5) is 0 Å². The molecule has 0 aromatic carbocycles. The number of carbonyl (C=O) groups is 1. The van der Waals surface area contributed by atoms with Crippen LogP contribution in [-0.2, 0) is 17.8 Å². The number of carboxylic acids is 1. The van der Waals surface area contributed by atoms with E-state index in [0.29, 0.717) is 10.8 Å². The molecule has 1 atom stereocenters. The number of carboxylic acid groups (broad SMARTS) is 1. The van der Waals surface area contributed by atoms with Gasteiger partial charge in [-0.1, -0.05) is 11.6 Å². The van der Waals surface area contributed by atoms with Crippen molar-refractivity contribution in [1.29, 1.82) is 0 Å². The van der Waals surface area contributed by atoms with Crippen LogP contribution in [0.5, 0.6) is 0 Å². The summed E-state index contributed by atoms with van der Waals surface area (Å²) in [6, 6.07) is -0.579. The van der Waals surface area contributed by atoms with E-state index in [2.05, 4.69) is 4.98 Å². The largest absolute Gasteiger partial charge is 0.481 e. The quantitative estimate of drug-likeness (QED) is 0.840. The Balaban J connectivity index is 2.32. The summed E-state index contributed by atoms with van der Waals surface area (Å²) in [5.41, 5.74) is 6.50. The molecule has 0 saturated heterocycles. The first-order valence-electron chi connectivity index (χ1n) is 5.31. The number of hydrogen-bond acceptors (Lipinski definition) is 3. The van der Waals surface area contributed by atoms with Crippen LogP contribution in [0.15, 0.2) is 0 Å². The maximum absolute atomic E-state index is 10.6. The topological polar surface area (TPSA) is 81.1 Å². The fourth-order valence-corrected chi connectivity index (χ4v) is 2.45. The first-order valence-corrected chi connectivity index (χ1v) is 5.69. The summed E-state index contributed by atoms with van der Waals surface area (Å²) >= 11 is 6.01. The lowest BCUT2D eigenvalue weighted by molar-refractivity contribution is -0.137. The number of nitrogens with zero attached hydrogens (tertiary/aromatic N) is 2. The Morgan fingerprint density at radius 3 is 3.06 bits per heavy atom. The number of nitrogens with two attached hydrogens (primary N) is 1. The maximum Gasteiger partial charge on any atom is 0.305 e. The van der Waals surface area contributed by atoms with Gasteiger partial charge in [-0.15, -0.1) is 0 Å². The summed E-state index contributed by atoms with van der Waals surface area (Å²) in [6.07, 6.45) is 2.93. The van der Waals surface area contributed by atoms with Crippen molar-refractivity contribution in [2.45, 2.75) is 38.3 Å². The van der Waals surface area contributed by atoms with Crippen LogP contribution in [0, 0.1) is 0 Å². The van der Waals surface area contributed by atoms with Crippen LogP contribution in [-0.4, -0.2) is 20.6 Å². The van der Waals surface area contributed by atoms with Crippen molar-refractivity contribution < 1.29 is 9.90 Å². The van der Waals surface area contributed by atoms with E-state index in [1.807, 2.05) is 4.57 Å². The number of halogens is 1. The smallest absolute Gasteiger partial charge is 0.305 e. The molecule has 0 saturated carbocycles. The molecule has 1 aromatic heterocycles. The molecule has 0 amide bonds. The lowest BCUT2D eigenvalue weighted by Crippen LogP contribution is -2.21. The first kappa shape index (κ1) is 11.4. The molecule has 0 bridgehead atoms. The molecule has 6 heteroatoms. The van der Waals surface area contributed by atoms with Gasteiger partial charge in [-0.25, -0.2) is 4.98 Å². The third-order valence-corrected chi connectivity index (χ3v) is 3.10. The molecule has 2 rings (SSSR count). The average molecular weight is 244 g/mol. The minimum absolute atomic E-state index is 0.120. The van der Waals surface area contributed by atoms with Crippen molar-refractivity contribution in [1.82, 2.24) is 9.55 Å². The number of aliphatic carboxylic acids is 1. The lowest BCUT2D eigenvalue weighted by atomic mass is 10.1. The molecule has 0 radical (unpaired) electrons. The number of hydrogen-bond donors (Lipinski definition) is 2. The van der Waals surface area contributed by atoms with Gasteiger partial charge in [-0.2, -0.15) is 0 Å². The maximum atomic E-state index is 10.6. The van der Waals surface area contributed by atoms with E-state index in [-0.39, 0.29) is 6.42 Å². The number of rotatable bonds is 3. The van der Waals surface area contributed by atoms with E-state index < -0.39 is 12.0 Å². The second-order valence-electron chi connectivity index (χ2n) is 4.02. The summed E-state index contributed by atoms with van der Waals surface area (Å²) < 4.78 is 1.97. The summed E-state index contributed by atoms with van der Waals surface area (Å²) in [7, 11) is 0. The van der Waals surface area contributed by atoms with Crippen molar-refractivity contribution in [3.63, 3.8) is 0 Å². The Morgan fingerprint density at radius 1 is 1.62 bits per heavy atom. The van der Waals surface area contributed by atoms with E-state index in [1.54, 1.807) is 0 Å². The number of aromatic nitrogens is 2.